The Bertz CT molecular complexity index is 981. The van der Waals surface area contributed by atoms with Gasteiger partial charge in [-0.25, -0.2) is 0 Å². The van der Waals surface area contributed by atoms with Gasteiger partial charge in [0.15, 0.2) is 5.65 Å². The molecule has 4 rings (SSSR count). The van der Waals surface area contributed by atoms with Gasteiger partial charge in [-0.1, -0.05) is 32.9 Å². The number of amides is 1. The molecule has 2 aromatic heterocycles. The summed E-state index contributed by atoms with van der Waals surface area (Å²) >= 11 is 0. The summed E-state index contributed by atoms with van der Waals surface area (Å²) < 4.78 is 0. The molecular weight excluding hydrogens is 328 g/mol. The van der Waals surface area contributed by atoms with Gasteiger partial charge in [-0.15, -0.1) is 10.2 Å². The van der Waals surface area contributed by atoms with Crippen LogP contribution in [0.4, 0.5) is 0 Å². The molecule has 26 heavy (non-hydrogen) atoms. The zero-order valence-corrected chi connectivity index (χ0v) is 15.2. The fraction of sp³-hybridized carbons (Fsp3) is 0.350. The van der Waals surface area contributed by atoms with Gasteiger partial charge < -0.3 is 15.0 Å². The number of benzene rings is 1. The zero-order valence-electron chi connectivity index (χ0n) is 15.2. The first kappa shape index (κ1) is 16.6. The van der Waals surface area contributed by atoms with Crippen LogP contribution in [0.3, 0.4) is 0 Å². The largest absolute Gasteiger partial charge is 0.507 e. The fourth-order valence-corrected chi connectivity index (χ4v) is 3.31. The molecule has 0 spiro atoms. The highest BCUT2D eigenvalue weighted by Gasteiger charge is 2.37. The Morgan fingerprint density at radius 3 is 2.62 bits per heavy atom. The monoisotopic (exact) mass is 350 g/mol. The van der Waals surface area contributed by atoms with Crippen molar-refractivity contribution < 1.29 is 9.90 Å². The molecule has 1 aliphatic heterocycles. The average molecular weight is 350 g/mol. The molecule has 1 aromatic carbocycles. The van der Waals surface area contributed by atoms with Gasteiger partial charge in [-0.2, -0.15) is 0 Å². The van der Waals surface area contributed by atoms with Crippen molar-refractivity contribution in [1.29, 1.82) is 0 Å². The molecule has 0 bridgehead atoms. The van der Waals surface area contributed by atoms with Gasteiger partial charge in [-0.05, 0) is 24.3 Å². The number of nitrogens with one attached hydrogen (secondary N) is 1. The molecule has 0 unspecified atom stereocenters. The summed E-state index contributed by atoms with van der Waals surface area (Å²) in [6, 6.07) is 11.1. The third kappa shape index (κ3) is 2.81. The maximum Gasteiger partial charge on any atom is 0.227 e. The van der Waals surface area contributed by atoms with E-state index in [0.717, 1.165) is 29.8 Å². The van der Waals surface area contributed by atoms with Crippen molar-refractivity contribution in [1.82, 2.24) is 20.1 Å². The van der Waals surface area contributed by atoms with Crippen LogP contribution in [0.15, 0.2) is 36.4 Å². The smallest absolute Gasteiger partial charge is 0.227 e. The number of aromatic nitrogens is 3. The molecule has 1 amide bonds. The Labute approximate surface area is 151 Å². The van der Waals surface area contributed by atoms with E-state index in [9.17, 15) is 9.90 Å². The van der Waals surface area contributed by atoms with Crippen LogP contribution < -0.4 is 0 Å². The zero-order chi connectivity index (χ0) is 18.5. The van der Waals surface area contributed by atoms with E-state index in [4.69, 9.17) is 0 Å². The predicted molar refractivity (Wildman–Crippen MR) is 99.8 cm³/mol. The van der Waals surface area contributed by atoms with E-state index in [0.29, 0.717) is 17.2 Å². The van der Waals surface area contributed by atoms with E-state index in [1.807, 2.05) is 43.9 Å². The molecule has 3 aromatic rings. The molecule has 6 nitrogen and oxygen atoms in total. The van der Waals surface area contributed by atoms with Crippen molar-refractivity contribution in [2.45, 2.75) is 26.7 Å². The number of aromatic amines is 1. The minimum atomic E-state index is -0.344. The number of phenols is 1. The number of fused-ring (bicyclic) bond motifs is 1. The highest BCUT2D eigenvalue weighted by molar-refractivity contribution is 5.83. The summed E-state index contributed by atoms with van der Waals surface area (Å²) in [4.78, 5) is 17.5. The number of nitrogens with zero attached hydrogens (tertiary/aromatic N) is 3. The molecule has 1 saturated heterocycles. The third-order valence-corrected chi connectivity index (χ3v) is 4.83. The number of hydrogen-bond donors (Lipinski definition) is 2. The highest BCUT2D eigenvalue weighted by Crippen LogP contribution is 2.33. The lowest BCUT2D eigenvalue weighted by Gasteiger charge is -2.42. The van der Waals surface area contributed by atoms with E-state index in [1.165, 1.54) is 0 Å². The number of para-hydroxylation sites is 1. The van der Waals surface area contributed by atoms with Crippen molar-refractivity contribution in [3.63, 3.8) is 0 Å². The van der Waals surface area contributed by atoms with Crippen LogP contribution in [0.5, 0.6) is 5.75 Å². The van der Waals surface area contributed by atoms with Gasteiger partial charge in [0.2, 0.25) is 5.91 Å². The SMILES string of the molecule is CC(C)(C)C(=O)N1CC(c2cc3cc(-c4ccccc4O)nnc3[nH]2)C1. The average Bonchev–Trinajstić information content (AvgIpc) is 2.95. The molecular formula is C20H22N4O2. The van der Waals surface area contributed by atoms with Crippen LogP contribution in [-0.4, -0.2) is 44.2 Å². The normalized spacial score (nSPS) is 15.3. The minimum Gasteiger partial charge on any atom is -0.507 e. The summed E-state index contributed by atoms with van der Waals surface area (Å²) in [7, 11) is 0. The number of likely N-dealkylation sites (tertiary alicyclic amines) is 1. The Hall–Kier alpha value is -2.89. The first-order chi connectivity index (χ1) is 12.3. The van der Waals surface area contributed by atoms with E-state index >= 15 is 0 Å². The Morgan fingerprint density at radius 1 is 1.19 bits per heavy atom. The lowest BCUT2D eigenvalue weighted by molar-refractivity contribution is -0.144. The van der Waals surface area contributed by atoms with Crippen LogP contribution in [0.25, 0.3) is 22.3 Å². The van der Waals surface area contributed by atoms with Gasteiger partial charge in [0.05, 0.1) is 5.69 Å². The Kier molecular flexibility index (Phi) is 3.72. The molecule has 134 valence electrons. The summed E-state index contributed by atoms with van der Waals surface area (Å²) in [6.45, 7) is 7.29. The second kappa shape index (κ2) is 5.83. The molecule has 6 heteroatoms. The second-order valence-electron chi connectivity index (χ2n) is 7.93. The Balaban J connectivity index is 1.56. The molecule has 0 aliphatic carbocycles. The van der Waals surface area contributed by atoms with Gasteiger partial charge in [-0.3, -0.25) is 4.79 Å². The number of rotatable bonds is 2. The van der Waals surface area contributed by atoms with Gasteiger partial charge >= 0.3 is 0 Å². The van der Waals surface area contributed by atoms with E-state index in [2.05, 4.69) is 21.2 Å². The van der Waals surface area contributed by atoms with Gasteiger partial charge in [0.25, 0.3) is 0 Å². The van der Waals surface area contributed by atoms with Gasteiger partial charge in [0, 0.05) is 41.1 Å². The second-order valence-corrected chi connectivity index (χ2v) is 7.93. The lowest BCUT2D eigenvalue weighted by atomic mass is 9.89. The molecule has 0 radical (unpaired) electrons. The van der Waals surface area contributed by atoms with Crippen LogP contribution in [0.1, 0.15) is 32.4 Å². The summed E-state index contributed by atoms with van der Waals surface area (Å²) in [6.07, 6.45) is 0. The van der Waals surface area contributed by atoms with Crippen LogP contribution in [0.2, 0.25) is 0 Å². The standard InChI is InChI=1S/C20H22N4O2/c1-20(2,3)19(26)24-10-13(11-24)15-8-12-9-16(22-23-18(12)21-15)14-6-4-5-7-17(14)25/h4-9,13,25H,10-11H2,1-3H3,(H,21,23). The van der Waals surface area contributed by atoms with Crippen molar-refractivity contribution in [3.05, 3.63) is 42.1 Å². The minimum absolute atomic E-state index is 0.187. The molecule has 0 atom stereocenters. The van der Waals surface area contributed by atoms with E-state index < -0.39 is 0 Å². The summed E-state index contributed by atoms with van der Waals surface area (Å²) in [5, 5.41) is 19.4. The van der Waals surface area contributed by atoms with E-state index in [1.54, 1.807) is 12.1 Å². The lowest BCUT2D eigenvalue weighted by Crippen LogP contribution is -2.52. The Morgan fingerprint density at radius 2 is 1.92 bits per heavy atom. The number of hydrogen-bond acceptors (Lipinski definition) is 4. The number of H-pyrrole nitrogens is 1. The molecule has 2 N–H and O–H groups in total. The number of phenolic OH excluding ortho intramolecular Hbond substituents is 1. The molecule has 1 fully saturated rings. The number of carbonyl (C=O) groups excluding carboxylic acids is 1. The predicted octanol–water partition coefficient (Wildman–Crippen LogP) is 3.30. The van der Waals surface area contributed by atoms with Crippen molar-refractivity contribution in [3.8, 4) is 17.0 Å². The van der Waals surface area contributed by atoms with Crippen LogP contribution in [-0.2, 0) is 4.79 Å². The number of aromatic hydroxyl groups is 1. The van der Waals surface area contributed by atoms with E-state index in [-0.39, 0.29) is 17.1 Å². The third-order valence-electron chi connectivity index (χ3n) is 4.83. The van der Waals surface area contributed by atoms with Crippen molar-refractivity contribution in [2.24, 2.45) is 5.41 Å². The highest BCUT2D eigenvalue weighted by atomic mass is 16.3. The molecule has 1 aliphatic rings. The quantitative estimate of drug-likeness (QED) is 0.743. The molecule has 0 saturated carbocycles. The van der Waals surface area contributed by atoms with Crippen LogP contribution >= 0.6 is 0 Å². The van der Waals surface area contributed by atoms with Crippen molar-refractivity contribution >= 4 is 16.9 Å². The fourth-order valence-electron chi connectivity index (χ4n) is 3.31. The van der Waals surface area contributed by atoms with Crippen LogP contribution in [0, 0.1) is 5.41 Å². The van der Waals surface area contributed by atoms with Gasteiger partial charge in [0.1, 0.15) is 5.75 Å². The first-order valence-corrected chi connectivity index (χ1v) is 8.77. The van der Waals surface area contributed by atoms with Crippen molar-refractivity contribution in [2.75, 3.05) is 13.1 Å². The molecule has 3 heterocycles. The topological polar surface area (TPSA) is 82.1 Å². The number of carbonyl (C=O) groups is 1. The maximum absolute atomic E-state index is 12.3. The summed E-state index contributed by atoms with van der Waals surface area (Å²) in [5.74, 6) is 0.669. The first-order valence-electron chi connectivity index (χ1n) is 8.77. The summed E-state index contributed by atoms with van der Waals surface area (Å²) in [5.41, 5.74) is 2.75. The maximum atomic E-state index is 12.3.